The van der Waals surface area contributed by atoms with Gasteiger partial charge in [0.2, 0.25) is 5.91 Å². The number of amides is 1. The second kappa shape index (κ2) is 4.76. The van der Waals surface area contributed by atoms with Gasteiger partial charge >= 0.3 is 0 Å². The van der Waals surface area contributed by atoms with Crippen molar-refractivity contribution in [2.75, 3.05) is 11.4 Å². The zero-order chi connectivity index (χ0) is 13.2. The molecule has 96 valence electrons. The van der Waals surface area contributed by atoms with E-state index >= 15 is 0 Å². The van der Waals surface area contributed by atoms with Crippen molar-refractivity contribution in [1.29, 1.82) is 0 Å². The Labute approximate surface area is 112 Å². The lowest BCUT2D eigenvalue weighted by molar-refractivity contribution is -0.119. The summed E-state index contributed by atoms with van der Waals surface area (Å²) < 4.78 is 0. The molecule has 2 N–H and O–H groups in total. The van der Waals surface area contributed by atoms with E-state index in [1.165, 1.54) is 5.56 Å². The number of benzene rings is 2. The first-order valence-electron chi connectivity index (χ1n) is 6.46. The van der Waals surface area contributed by atoms with Crippen LogP contribution < -0.4 is 10.6 Å². The molecule has 0 radical (unpaired) electrons. The summed E-state index contributed by atoms with van der Waals surface area (Å²) in [6.45, 7) is 0.835. The third kappa shape index (κ3) is 2.08. The molecule has 0 bridgehead atoms. The standard InChI is InChI=1S/C16H16N2O/c17-16(19)15(13-7-2-1-3-8-13)18-11-10-12-6-4-5-9-14(12)18/h1-9,15H,10-11H2,(H2,17,19). The fourth-order valence-electron chi connectivity index (χ4n) is 2.77. The van der Waals surface area contributed by atoms with Crippen LogP contribution >= 0.6 is 0 Å². The first-order chi connectivity index (χ1) is 9.27. The summed E-state index contributed by atoms with van der Waals surface area (Å²) >= 11 is 0. The van der Waals surface area contributed by atoms with E-state index in [1.807, 2.05) is 42.5 Å². The Hall–Kier alpha value is -2.29. The van der Waals surface area contributed by atoms with Crippen molar-refractivity contribution < 1.29 is 4.79 Å². The molecule has 1 unspecified atom stereocenters. The molecule has 3 heteroatoms. The molecular formula is C16H16N2O. The predicted octanol–water partition coefficient (Wildman–Crippen LogP) is 2.28. The van der Waals surface area contributed by atoms with Gasteiger partial charge in [-0.1, -0.05) is 48.5 Å². The van der Waals surface area contributed by atoms with Gasteiger partial charge in [-0.3, -0.25) is 4.79 Å². The lowest BCUT2D eigenvalue weighted by atomic mass is 10.0. The van der Waals surface area contributed by atoms with Gasteiger partial charge in [0.15, 0.2) is 0 Å². The number of fused-ring (bicyclic) bond motifs is 1. The van der Waals surface area contributed by atoms with Gasteiger partial charge in [-0.2, -0.15) is 0 Å². The van der Waals surface area contributed by atoms with Gasteiger partial charge in [0.1, 0.15) is 6.04 Å². The maximum Gasteiger partial charge on any atom is 0.244 e. The average molecular weight is 252 g/mol. The van der Waals surface area contributed by atoms with Crippen molar-refractivity contribution in [2.45, 2.75) is 12.5 Å². The minimum Gasteiger partial charge on any atom is -0.368 e. The number of carbonyl (C=O) groups is 1. The number of nitrogens with zero attached hydrogens (tertiary/aromatic N) is 1. The molecule has 3 rings (SSSR count). The van der Waals surface area contributed by atoms with Crippen molar-refractivity contribution in [3.05, 3.63) is 65.7 Å². The molecule has 0 saturated carbocycles. The smallest absolute Gasteiger partial charge is 0.244 e. The Morgan fingerprint density at radius 1 is 1.05 bits per heavy atom. The highest BCUT2D eigenvalue weighted by atomic mass is 16.1. The predicted molar refractivity (Wildman–Crippen MR) is 75.9 cm³/mol. The van der Waals surface area contributed by atoms with Crippen LogP contribution in [-0.4, -0.2) is 12.5 Å². The SMILES string of the molecule is NC(=O)C(c1ccccc1)N1CCc2ccccc21. The van der Waals surface area contributed by atoms with Crippen LogP contribution in [0.3, 0.4) is 0 Å². The lowest BCUT2D eigenvalue weighted by Crippen LogP contribution is -2.36. The largest absolute Gasteiger partial charge is 0.368 e. The van der Waals surface area contributed by atoms with Crippen molar-refractivity contribution in [3.63, 3.8) is 0 Å². The highest BCUT2D eigenvalue weighted by Gasteiger charge is 2.30. The molecule has 1 aliphatic rings. The Kier molecular flexibility index (Phi) is 2.95. The second-order valence-electron chi connectivity index (χ2n) is 4.79. The second-order valence-corrected chi connectivity index (χ2v) is 4.79. The molecule has 0 aromatic heterocycles. The van der Waals surface area contributed by atoms with E-state index in [0.29, 0.717) is 0 Å². The topological polar surface area (TPSA) is 46.3 Å². The molecule has 0 aliphatic carbocycles. The van der Waals surface area contributed by atoms with Crippen LogP contribution in [0.5, 0.6) is 0 Å². The van der Waals surface area contributed by atoms with Crippen molar-refractivity contribution in [1.82, 2.24) is 0 Å². The quantitative estimate of drug-likeness (QED) is 0.911. The Bertz CT molecular complexity index is 595. The van der Waals surface area contributed by atoms with Gasteiger partial charge in [-0.25, -0.2) is 0 Å². The van der Waals surface area contributed by atoms with Crippen molar-refractivity contribution >= 4 is 11.6 Å². The fourth-order valence-corrected chi connectivity index (χ4v) is 2.77. The van der Waals surface area contributed by atoms with Crippen LogP contribution in [0.25, 0.3) is 0 Å². The molecule has 0 spiro atoms. The molecule has 0 fully saturated rings. The first-order valence-corrected chi connectivity index (χ1v) is 6.46. The maximum atomic E-state index is 11.9. The van der Waals surface area contributed by atoms with Gasteiger partial charge < -0.3 is 10.6 Å². The Morgan fingerprint density at radius 2 is 1.74 bits per heavy atom. The summed E-state index contributed by atoms with van der Waals surface area (Å²) in [4.78, 5) is 14.0. The van der Waals surface area contributed by atoms with Crippen LogP contribution in [0.15, 0.2) is 54.6 Å². The normalized spacial score (nSPS) is 15.1. The van der Waals surface area contributed by atoms with Gasteiger partial charge in [0.05, 0.1) is 0 Å². The number of carbonyl (C=O) groups excluding carboxylic acids is 1. The van der Waals surface area contributed by atoms with Gasteiger partial charge in [0, 0.05) is 12.2 Å². The van der Waals surface area contributed by atoms with Gasteiger partial charge in [-0.15, -0.1) is 0 Å². The summed E-state index contributed by atoms with van der Waals surface area (Å²) in [6, 6.07) is 17.5. The number of hydrogen-bond donors (Lipinski definition) is 1. The van der Waals surface area contributed by atoms with Crippen LogP contribution in [-0.2, 0) is 11.2 Å². The molecule has 2 aromatic rings. The highest BCUT2D eigenvalue weighted by Crippen LogP contribution is 2.34. The molecule has 1 aliphatic heterocycles. The van der Waals surface area contributed by atoms with E-state index in [2.05, 4.69) is 17.0 Å². The van der Waals surface area contributed by atoms with Gasteiger partial charge in [0.25, 0.3) is 0 Å². The zero-order valence-corrected chi connectivity index (χ0v) is 10.6. The number of anilines is 1. The first kappa shape index (κ1) is 11.8. The summed E-state index contributed by atoms with van der Waals surface area (Å²) in [7, 11) is 0. The summed E-state index contributed by atoms with van der Waals surface area (Å²) in [5.41, 5.74) is 8.98. The number of hydrogen-bond acceptors (Lipinski definition) is 2. The van der Waals surface area contributed by atoms with Crippen LogP contribution in [0, 0.1) is 0 Å². The third-order valence-corrected chi connectivity index (χ3v) is 3.62. The number of nitrogens with two attached hydrogens (primary N) is 1. The number of para-hydroxylation sites is 1. The Balaban J connectivity index is 2.02. The minimum absolute atomic E-state index is 0.303. The van der Waals surface area contributed by atoms with E-state index in [4.69, 9.17) is 5.73 Å². The van der Waals surface area contributed by atoms with E-state index in [-0.39, 0.29) is 11.9 Å². The zero-order valence-electron chi connectivity index (χ0n) is 10.6. The fraction of sp³-hybridized carbons (Fsp3) is 0.188. The lowest BCUT2D eigenvalue weighted by Gasteiger charge is -2.28. The molecular weight excluding hydrogens is 236 g/mol. The van der Waals surface area contributed by atoms with E-state index in [9.17, 15) is 4.79 Å². The molecule has 1 atom stereocenters. The maximum absolute atomic E-state index is 11.9. The van der Waals surface area contributed by atoms with Crippen LogP contribution in [0.4, 0.5) is 5.69 Å². The summed E-state index contributed by atoms with van der Waals surface area (Å²) in [6.07, 6.45) is 0.965. The minimum atomic E-state index is -0.384. The van der Waals surface area contributed by atoms with E-state index in [1.54, 1.807) is 0 Å². The highest BCUT2D eigenvalue weighted by molar-refractivity contribution is 5.86. The van der Waals surface area contributed by atoms with Crippen molar-refractivity contribution in [2.24, 2.45) is 5.73 Å². The Morgan fingerprint density at radius 3 is 2.47 bits per heavy atom. The molecule has 1 heterocycles. The average Bonchev–Trinajstić information content (AvgIpc) is 2.84. The number of rotatable bonds is 3. The third-order valence-electron chi connectivity index (χ3n) is 3.62. The summed E-state index contributed by atoms with van der Waals surface area (Å²) in [5, 5.41) is 0. The van der Waals surface area contributed by atoms with E-state index in [0.717, 1.165) is 24.2 Å². The monoisotopic (exact) mass is 252 g/mol. The molecule has 0 saturated heterocycles. The molecule has 3 nitrogen and oxygen atoms in total. The van der Waals surface area contributed by atoms with E-state index < -0.39 is 0 Å². The summed E-state index contributed by atoms with van der Waals surface area (Å²) in [5.74, 6) is -0.303. The molecule has 2 aromatic carbocycles. The number of primary amides is 1. The van der Waals surface area contributed by atoms with Crippen LogP contribution in [0.2, 0.25) is 0 Å². The molecule has 19 heavy (non-hydrogen) atoms. The molecule has 1 amide bonds. The van der Waals surface area contributed by atoms with Crippen LogP contribution in [0.1, 0.15) is 17.2 Å². The van der Waals surface area contributed by atoms with Gasteiger partial charge in [-0.05, 0) is 23.6 Å². The van der Waals surface area contributed by atoms with Crippen molar-refractivity contribution in [3.8, 4) is 0 Å².